The maximum atomic E-state index is 12.5. The maximum absolute atomic E-state index is 12.5. The van der Waals surface area contributed by atoms with Crippen molar-refractivity contribution in [3.63, 3.8) is 0 Å². The second-order valence-corrected chi connectivity index (χ2v) is 5.32. The van der Waals surface area contributed by atoms with Gasteiger partial charge in [-0.2, -0.15) is 18.3 Å². The van der Waals surface area contributed by atoms with E-state index in [9.17, 15) is 13.2 Å². The molecule has 0 aliphatic heterocycles. The van der Waals surface area contributed by atoms with Gasteiger partial charge in [0.15, 0.2) is 0 Å². The van der Waals surface area contributed by atoms with Crippen LogP contribution in [0.15, 0.2) is 12.4 Å². The molecule has 0 spiro atoms. The molecule has 1 aromatic heterocycles. The Morgan fingerprint density at radius 3 is 2.53 bits per heavy atom. The summed E-state index contributed by atoms with van der Waals surface area (Å²) in [4.78, 5) is 0. The molecule has 1 N–H and O–H groups in total. The molecule has 6 heteroatoms. The monoisotopic (exact) mass is 275 g/mol. The highest BCUT2D eigenvalue weighted by Crippen LogP contribution is 2.37. The van der Waals surface area contributed by atoms with Gasteiger partial charge in [0.25, 0.3) is 0 Å². The summed E-state index contributed by atoms with van der Waals surface area (Å²) in [5.41, 5.74) is 1.15. The van der Waals surface area contributed by atoms with E-state index in [1.807, 2.05) is 19.4 Å². The number of nitrogens with zero attached hydrogens (tertiary/aromatic N) is 2. The van der Waals surface area contributed by atoms with Crippen molar-refractivity contribution in [2.45, 2.75) is 44.3 Å². The number of alkyl halides is 3. The Labute approximate surface area is 111 Å². The number of aromatic nitrogens is 2. The SMILES string of the molecule is Cn1cc(CCNC2CCC(C(F)(F)F)CC2)cn1. The molecule has 0 saturated heterocycles. The van der Waals surface area contributed by atoms with Gasteiger partial charge in [0.2, 0.25) is 0 Å². The van der Waals surface area contributed by atoms with Crippen LogP contribution in [-0.2, 0) is 13.5 Å². The van der Waals surface area contributed by atoms with E-state index in [-0.39, 0.29) is 18.9 Å². The number of nitrogens with one attached hydrogen (secondary N) is 1. The highest BCUT2D eigenvalue weighted by Gasteiger charge is 2.41. The van der Waals surface area contributed by atoms with Crippen LogP contribution in [0.5, 0.6) is 0 Å². The minimum absolute atomic E-state index is 0.232. The number of aryl methyl sites for hydroxylation is 1. The van der Waals surface area contributed by atoms with Crippen LogP contribution in [0.4, 0.5) is 13.2 Å². The van der Waals surface area contributed by atoms with Gasteiger partial charge in [0, 0.05) is 19.3 Å². The van der Waals surface area contributed by atoms with E-state index in [2.05, 4.69) is 10.4 Å². The Balaban J connectivity index is 1.66. The molecule has 0 unspecified atom stereocenters. The van der Waals surface area contributed by atoms with Gasteiger partial charge in [-0.15, -0.1) is 0 Å². The first-order valence-corrected chi connectivity index (χ1v) is 6.73. The van der Waals surface area contributed by atoms with E-state index < -0.39 is 12.1 Å². The molecule has 0 amide bonds. The van der Waals surface area contributed by atoms with Crippen LogP contribution in [-0.4, -0.2) is 28.5 Å². The van der Waals surface area contributed by atoms with Crippen molar-refractivity contribution >= 4 is 0 Å². The quantitative estimate of drug-likeness (QED) is 0.915. The Morgan fingerprint density at radius 1 is 1.32 bits per heavy atom. The summed E-state index contributed by atoms with van der Waals surface area (Å²) in [6.45, 7) is 0.799. The fourth-order valence-corrected chi connectivity index (χ4v) is 2.65. The Hall–Kier alpha value is -1.04. The summed E-state index contributed by atoms with van der Waals surface area (Å²) in [6.07, 6.45) is 2.40. The van der Waals surface area contributed by atoms with E-state index in [1.165, 1.54) is 0 Å². The lowest BCUT2D eigenvalue weighted by molar-refractivity contribution is -0.182. The summed E-state index contributed by atoms with van der Waals surface area (Å²) < 4.78 is 39.3. The highest BCUT2D eigenvalue weighted by molar-refractivity contribution is 5.04. The van der Waals surface area contributed by atoms with Gasteiger partial charge < -0.3 is 5.32 Å². The smallest absolute Gasteiger partial charge is 0.314 e. The topological polar surface area (TPSA) is 29.9 Å². The predicted molar refractivity (Wildman–Crippen MR) is 66.7 cm³/mol. The van der Waals surface area contributed by atoms with Crippen LogP contribution in [0.3, 0.4) is 0 Å². The number of hydrogen-bond donors (Lipinski definition) is 1. The molecule has 0 radical (unpaired) electrons. The standard InChI is InChI=1S/C13H20F3N3/c1-19-9-10(8-18-19)6-7-17-12-4-2-11(3-5-12)13(14,15)16/h8-9,11-12,17H,2-7H2,1H3. The second-order valence-electron chi connectivity index (χ2n) is 5.32. The number of rotatable bonds is 4. The molecule has 0 bridgehead atoms. The molecule has 1 aromatic rings. The van der Waals surface area contributed by atoms with Crippen molar-refractivity contribution < 1.29 is 13.2 Å². The fraction of sp³-hybridized carbons (Fsp3) is 0.769. The molecule has 2 rings (SSSR count). The molecular weight excluding hydrogens is 255 g/mol. The summed E-state index contributed by atoms with van der Waals surface area (Å²) in [6, 6.07) is 0.232. The van der Waals surface area contributed by atoms with E-state index in [4.69, 9.17) is 0 Å². The van der Waals surface area contributed by atoms with Gasteiger partial charge in [-0.05, 0) is 44.2 Å². The molecule has 1 aliphatic carbocycles. The summed E-state index contributed by atoms with van der Waals surface area (Å²) >= 11 is 0. The third kappa shape index (κ3) is 4.23. The molecule has 19 heavy (non-hydrogen) atoms. The minimum Gasteiger partial charge on any atom is -0.314 e. The largest absolute Gasteiger partial charge is 0.391 e. The van der Waals surface area contributed by atoms with Crippen molar-refractivity contribution in [1.29, 1.82) is 0 Å². The molecule has 0 atom stereocenters. The van der Waals surface area contributed by atoms with Crippen molar-refractivity contribution in [2.24, 2.45) is 13.0 Å². The second kappa shape index (κ2) is 5.94. The van der Waals surface area contributed by atoms with Gasteiger partial charge >= 0.3 is 6.18 Å². The zero-order chi connectivity index (χ0) is 13.9. The van der Waals surface area contributed by atoms with E-state index in [1.54, 1.807) is 4.68 Å². The number of halogens is 3. The molecule has 1 fully saturated rings. The zero-order valence-corrected chi connectivity index (χ0v) is 11.1. The van der Waals surface area contributed by atoms with Crippen LogP contribution >= 0.6 is 0 Å². The van der Waals surface area contributed by atoms with Gasteiger partial charge in [-0.3, -0.25) is 4.68 Å². The molecule has 1 saturated carbocycles. The minimum atomic E-state index is -4.01. The number of hydrogen-bond acceptors (Lipinski definition) is 2. The lowest BCUT2D eigenvalue weighted by atomic mass is 9.85. The van der Waals surface area contributed by atoms with Gasteiger partial charge in [-0.1, -0.05) is 0 Å². The van der Waals surface area contributed by atoms with Crippen LogP contribution < -0.4 is 5.32 Å². The maximum Gasteiger partial charge on any atom is 0.391 e. The van der Waals surface area contributed by atoms with Crippen molar-refractivity contribution in [2.75, 3.05) is 6.54 Å². The first-order chi connectivity index (χ1) is 8.95. The first kappa shape index (κ1) is 14.4. The lowest BCUT2D eigenvalue weighted by Gasteiger charge is -2.30. The lowest BCUT2D eigenvalue weighted by Crippen LogP contribution is -2.37. The van der Waals surface area contributed by atoms with Gasteiger partial charge in [-0.25, -0.2) is 0 Å². The first-order valence-electron chi connectivity index (χ1n) is 6.73. The van der Waals surface area contributed by atoms with Gasteiger partial charge in [0.1, 0.15) is 0 Å². The summed E-state index contributed by atoms with van der Waals surface area (Å²) in [7, 11) is 1.87. The molecule has 3 nitrogen and oxygen atoms in total. The van der Waals surface area contributed by atoms with Gasteiger partial charge in [0.05, 0.1) is 12.1 Å². The third-order valence-electron chi connectivity index (χ3n) is 3.80. The normalized spacial score (nSPS) is 24.6. The van der Waals surface area contributed by atoms with Crippen molar-refractivity contribution in [1.82, 2.24) is 15.1 Å². The third-order valence-corrected chi connectivity index (χ3v) is 3.80. The molecule has 1 aliphatic rings. The summed E-state index contributed by atoms with van der Waals surface area (Å²) in [5.74, 6) is -1.09. The zero-order valence-electron chi connectivity index (χ0n) is 11.1. The fourth-order valence-electron chi connectivity index (χ4n) is 2.65. The van der Waals surface area contributed by atoms with Crippen molar-refractivity contribution in [3.05, 3.63) is 18.0 Å². The average molecular weight is 275 g/mol. The van der Waals surface area contributed by atoms with Crippen LogP contribution in [0.25, 0.3) is 0 Å². The molecule has 108 valence electrons. The molecule has 0 aromatic carbocycles. The molecule has 1 heterocycles. The van der Waals surface area contributed by atoms with E-state index in [0.29, 0.717) is 12.8 Å². The van der Waals surface area contributed by atoms with Crippen LogP contribution in [0.2, 0.25) is 0 Å². The Kier molecular flexibility index (Phi) is 4.50. The predicted octanol–water partition coefficient (Wildman–Crippen LogP) is 2.67. The van der Waals surface area contributed by atoms with Crippen molar-refractivity contribution in [3.8, 4) is 0 Å². The molecular formula is C13H20F3N3. The highest BCUT2D eigenvalue weighted by atomic mass is 19.4. The van der Waals surface area contributed by atoms with E-state index >= 15 is 0 Å². The summed E-state index contributed by atoms with van der Waals surface area (Å²) in [5, 5.41) is 7.43. The average Bonchev–Trinajstić information content (AvgIpc) is 2.75. The van der Waals surface area contributed by atoms with E-state index in [0.717, 1.165) is 18.5 Å². The van der Waals surface area contributed by atoms with Crippen LogP contribution in [0.1, 0.15) is 31.2 Å². The Bertz CT molecular complexity index is 392. The Morgan fingerprint density at radius 2 is 2.00 bits per heavy atom. The van der Waals surface area contributed by atoms with Crippen LogP contribution in [0, 0.1) is 5.92 Å².